The Morgan fingerprint density at radius 2 is 2.00 bits per heavy atom. The van der Waals surface area contributed by atoms with Crippen molar-refractivity contribution in [1.29, 1.82) is 0 Å². The highest BCUT2D eigenvalue weighted by Crippen LogP contribution is 2.32. The number of ether oxygens (including phenoxy) is 2. The monoisotopic (exact) mass is 208 g/mol. The van der Waals surface area contributed by atoms with Crippen molar-refractivity contribution in [3.8, 4) is 11.5 Å². The van der Waals surface area contributed by atoms with Crippen LogP contribution in [0, 0.1) is 0 Å². The zero-order valence-electron chi connectivity index (χ0n) is 9.37. The number of hydrogen-bond donors (Lipinski definition) is 0. The summed E-state index contributed by atoms with van der Waals surface area (Å²) in [6.07, 6.45) is 2.63. The molecule has 0 amide bonds. The summed E-state index contributed by atoms with van der Waals surface area (Å²) in [6, 6.07) is 3.51. The quantitative estimate of drug-likeness (QED) is 0.697. The molecule has 1 aromatic rings. The van der Waals surface area contributed by atoms with Crippen molar-refractivity contribution in [2.24, 2.45) is 0 Å². The molecular formula is C12H16O3. The van der Waals surface area contributed by atoms with Crippen molar-refractivity contribution in [3.63, 3.8) is 0 Å². The molecule has 0 fully saturated rings. The van der Waals surface area contributed by atoms with E-state index in [2.05, 4.69) is 6.92 Å². The van der Waals surface area contributed by atoms with E-state index in [1.165, 1.54) is 0 Å². The van der Waals surface area contributed by atoms with E-state index < -0.39 is 0 Å². The van der Waals surface area contributed by atoms with Crippen LogP contribution >= 0.6 is 0 Å². The van der Waals surface area contributed by atoms with E-state index in [1.807, 2.05) is 0 Å². The molecule has 1 aromatic carbocycles. The van der Waals surface area contributed by atoms with E-state index in [0.29, 0.717) is 11.3 Å². The van der Waals surface area contributed by atoms with Crippen LogP contribution in [-0.4, -0.2) is 20.5 Å². The summed E-state index contributed by atoms with van der Waals surface area (Å²) >= 11 is 0. The first-order valence-corrected chi connectivity index (χ1v) is 4.97. The Morgan fingerprint density at radius 1 is 1.27 bits per heavy atom. The van der Waals surface area contributed by atoms with Crippen LogP contribution in [0.1, 0.15) is 29.3 Å². The van der Waals surface area contributed by atoms with E-state index in [1.54, 1.807) is 26.4 Å². The van der Waals surface area contributed by atoms with Gasteiger partial charge in [-0.3, -0.25) is 4.79 Å². The lowest BCUT2D eigenvalue weighted by Gasteiger charge is -2.13. The third-order valence-corrected chi connectivity index (χ3v) is 2.30. The predicted octanol–water partition coefficient (Wildman–Crippen LogP) is 2.47. The van der Waals surface area contributed by atoms with Gasteiger partial charge < -0.3 is 9.47 Å². The van der Waals surface area contributed by atoms with Gasteiger partial charge in [-0.2, -0.15) is 0 Å². The maximum absolute atomic E-state index is 10.8. The molecule has 15 heavy (non-hydrogen) atoms. The van der Waals surface area contributed by atoms with Crippen LogP contribution in [-0.2, 0) is 6.42 Å². The molecule has 0 radical (unpaired) electrons. The normalized spacial score (nSPS) is 9.80. The molecule has 0 atom stereocenters. The maximum atomic E-state index is 10.8. The zero-order chi connectivity index (χ0) is 11.3. The summed E-state index contributed by atoms with van der Waals surface area (Å²) < 4.78 is 10.5. The smallest absolute Gasteiger partial charge is 0.153 e. The van der Waals surface area contributed by atoms with Gasteiger partial charge in [-0.15, -0.1) is 0 Å². The van der Waals surface area contributed by atoms with Crippen LogP contribution < -0.4 is 9.47 Å². The molecule has 3 nitrogen and oxygen atoms in total. The van der Waals surface area contributed by atoms with Gasteiger partial charge in [-0.25, -0.2) is 0 Å². The van der Waals surface area contributed by atoms with E-state index in [4.69, 9.17) is 9.47 Å². The molecule has 0 spiro atoms. The minimum atomic E-state index is 0.571. The minimum absolute atomic E-state index is 0.571. The van der Waals surface area contributed by atoms with Gasteiger partial charge in [0.1, 0.15) is 11.5 Å². The number of rotatable bonds is 5. The van der Waals surface area contributed by atoms with Gasteiger partial charge in [0.25, 0.3) is 0 Å². The van der Waals surface area contributed by atoms with Crippen LogP contribution in [0.25, 0.3) is 0 Å². The first-order chi connectivity index (χ1) is 7.28. The summed E-state index contributed by atoms with van der Waals surface area (Å²) in [6.45, 7) is 2.08. The van der Waals surface area contributed by atoms with Crippen LogP contribution in [0.5, 0.6) is 11.5 Å². The summed E-state index contributed by atoms with van der Waals surface area (Å²) in [5, 5.41) is 0. The number of benzene rings is 1. The summed E-state index contributed by atoms with van der Waals surface area (Å²) in [4.78, 5) is 10.8. The van der Waals surface area contributed by atoms with Gasteiger partial charge in [-0.1, -0.05) is 13.3 Å². The number of aldehydes is 1. The largest absolute Gasteiger partial charge is 0.496 e. The molecule has 82 valence electrons. The number of methoxy groups -OCH3 is 2. The molecule has 0 aliphatic carbocycles. The molecular weight excluding hydrogens is 192 g/mol. The van der Waals surface area contributed by atoms with Gasteiger partial charge >= 0.3 is 0 Å². The lowest BCUT2D eigenvalue weighted by Crippen LogP contribution is -2.00. The molecule has 0 aliphatic rings. The van der Waals surface area contributed by atoms with Crippen molar-refractivity contribution in [1.82, 2.24) is 0 Å². The topological polar surface area (TPSA) is 35.5 Å². The average molecular weight is 208 g/mol. The predicted molar refractivity (Wildman–Crippen MR) is 58.9 cm³/mol. The molecule has 0 aromatic heterocycles. The second kappa shape index (κ2) is 5.39. The third-order valence-electron chi connectivity index (χ3n) is 2.30. The van der Waals surface area contributed by atoms with Crippen LogP contribution in [0.15, 0.2) is 12.1 Å². The van der Waals surface area contributed by atoms with Crippen molar-refractivity contribution in [2.75, 3.05) is 14.2 Å². The Hall–Kier alpha value is -1.51. The van der Waals surface area contributed by atoms with Crippen molar-refractivity contribution < 1.29 is 14.3 Å². The Balaban J connectivity index is 3.30. The highest BCUT2D eigenvalue weighted by molar-refractivity contribution is 5.81. The fourth-order valence-corrected chi connectivity index (χ4v) is 1.64. The Bertz CT molecular complexity index is 345. The average Bonchev–Trinajstić information content (AvgIpc) is 2.28. The highest BCUT2D eigenvalue weighted by Gasteiger charge is 2.13. The summed E-state index contributed by atoms with van der Waals surface area (Å²) in [5.74, 6) is 1.41. The van der Waals surface area contributed by atoms with Gasteiger partial charge in [0.2, 0.25) is 0 Å². The van der Waals surface area contributed by atoms with Crippen LogP contribution in [0.4, 0.5) is 0 Å². The Morgan fingerprint density at radius 3 is 2.47 bits per heavy atom. The second-order valence-corrected chi connectivity index (χ2v) is 3.24. The molecule has 0 aliphatic heterocycles. The first-order valence-electron chi connectivity index (χ1n) is 4.97. The Kier molecular flexibility index (Phi) is 4.16. The van der Waals surface area contributed by atoms with Crippen molar-refractivity contribution in [3.05, 3.63) is 23.3 Å². The van der Waals surface area contributed by atoms with E-state index in [0.717, 1.165) is 30.4 Å². The molecule has 0 saturated heterocycles. The van der Waals surface area contributed by atoms with Crippen molar-refractivity contribution >= 4 is 6.29 Å². The summed E-state index contributed by atoms with van der Waals surface area (Å²) in [7, 11) is 3.19. The minimum Gasteiger partial charge on any atom is -0.496 e. The lowest BCUT2D eigenvalue weighted by atomic mass is 10.0. The van der Waals surface area contributed by atoms with Gasteiger partial charge in [0.15, 0.2) is 6.29 Å². The molecule has 0 unspecified atom stereocenters. The van der Waals surface area contributed by atoms with Crippen LogP contribution in [0.3, 0.4) is 0 Å². The Labute approximate surface area is 90.0 Å². The molecule has 0 heterocycles. The number of carbonyl (C=O) groups is 1. The van der Waals surface area contributed by atoms with Crippen LogP contribution in [0.2, 0.25) is 0 Å². The maximum Gasteiger partial charge on any atom is 0.153 e. The fourth-order valence-electron chi connectivity index (χ4n) is 1.64. The SMILES string of the molecule is CCCc1c(OC)ccc(C=O)c1OC. The standard InChI is InChI=1S/C12H16O3/c1-4-5-10-11(14-2)7-6-9(8-13)12(10)15-3/h6-8H,4-5H2,1-3H3. The number of carbonyl (C=O) groups excluding carboxylic acids is 1. The second-order valence-electron chi connectivity index (χ2n) is 3.24. The molecule has 3 heteroatoms. The molecule has 0 N–H and O–H groups in total. The molecule has 0 saturated carbocycles. The van der Waals surface area contributed by atoms with Crippen molar-refractivity contribution in [2.45, 2.75) is 19.8 Å². The van der Waals surface area contributed by atoms with E-state index in [-0.39, 0.29) is 0 Å². The molecule has 0 bridgehead atoms. The first kappa shape index (κ1) is 11.6. The fraction of sp³-hybridized carbons (Fsp3) is 0.417. The lowest BCUT2D eigenvalue weighted by molar-refractivity contribution is 0.112. The van der Waals surface area contributed by atoms with Gasteiger partial charge in [0.05, 0.1) is 19.8 Å². The number of hydrogen-bond acceptors (Lipinski definition) is 3. The zero-order valence-corrected chi connectivity index (χ0v) is 9.37. The van der Waals surface area contributed by atoms with Gasteiger partial charge in [0, 0.05) is 5.56 Å². The molecule has 1 rings (SSSR count). The highest BCUT2D eigenvalue weighted by atomic mass is 16.5. The third kappa shape index (κ3) is 2.29. The summed E-state index contributed by atoms with van der Waals surface area (Å²) in [5.41, 5.74) is 1.54. The van der Waals surface area contributed by atoms with E-state index in [9.17, 15) is 4.79 Å². The van der Waals surface area contributed by atoms with E-state index >= 15 is 0 Å². The van der Waals surface area contributed by atoms with Gasteiger partial charge in [-0.05, 0) is 18.6 Å².